The molecule has 0 saturated carbocycles. The van der Waals surface area contributed by atoms with Crippen molar-refractivity contribution in [3.63, 3.8) is 0 Å². The molecule has 2 heterocycles. The van der Waals surface area contributed by atoms with Gasteiger partial charge in [-0.25, -0.2) is 4.98 Å². The highest BCUT2D eigenvalue weighted by atomic mass is 35.5. The van der Waals surface area contributed by atoms with Gasteiger partial charge in [0, 0.05) is 18.4 Å². The Balaban J connectivity index is 2.00. The number of carbonyl (C=O) groups is 1. The molecule has 1 aliphatic heterocycles. The Labute approximate surface area is 115 Å². The third kappa shape index (κ3) is 2.04. The summed E-state index contributed by atoms with van der Waals surface area (Å²) in [5.74, 6) is -0.0671. The second kappa shape index (κ2) is 4.55. The van der Waals surface area contributed by atoms with Crippen molar-refractivity contribution in [1.29, 1.82) is 0 Å². The third-order valence-corrected chi connectivity index (χ3v) is 3.51. The van der Waals surface area contributed by atoms with Crippen molar-refractivity contribution in [3.05, 3.63) is 52.7 Å². The first-order valence-electron chi connectivity index (χ1n) is 5.95. The molecule has 1 unspecified atom stereocenters. The minimum Gasteiger partial charge on any atom is -0.384 e. The Morgan fingerprint density at radius 1 is 1.42 bits per heavy atom. The Morgan fingerprint density at radius 2 is 2.21 bits per heavy atom. The van der Waals surface area contributed by atoms with Crippen molar-refractivity contribution < 1.29 is 4.79 Å². The van der Waals surface area contributed by atoms with Gasteiger partial charge in [0.2, 0.25) is 0 Å². The van der Waals surface area contributed by atoms with E-state index < -0.39 is 0 Å². The summed E-state index contributed by atoms with van der Waals surface area (Å²) in [6.45, 7) is 0.574. The van der Waals surface area contributed by atoms with Gasteiger partial charge in [0.15, 0.2) is 5.78 Å². The normalized spacial score (nSPS) is 16.8. The standard InChI is InChI=1S/C14H12ClN3O/c15-8-5-10(14(16)18-6-8)13(19)11-7-17-12-4-2-1-3-9(11)12/h1-6,11,17H,7H2,(H2,16,18). The van der Waals surface area contributed by atoms with Crippen LogP contribution in [0.5, 0.6) is 0 Å². The van der Waals surface area contributed by atoms with Gasteiger partial charge in [0.05, 0.1) is 16.5 Å². The minimum atomic E-state index is -0.237. The summed E-state index contributed by atoms with van der Waals surface area (Å²) in [4.78, 5) is 16.5. The van der Waals surface area contributed by atoms with Crippen LogP contribution in [0.2, 0.25) is 5.02 Å². The Bertz CT molecular complexity index is 657. The van der Waals surface area contributed by atoms with Crippen molar-refractivity contribution in [2.24, 2.45) is 0 Å². The molecule has 1 aromatic heterocycles. The number of halogens is 1. The van der Waals surface area contributed by atoms with Crippen LogP contribution >= 0.6 is 11.6 Å². The molecular weight excluding hydrogens is 262 g/mol. The molecule has 0 fully saturated rings. The van der Waals surface area contributed by atoms with Crippen LogP contribution < -0.4 is 11.1 Å². The molecule has 2 aromatic rings. The molecule has 1 aliphatic rings. The number of rotatable bonds is 2. The molecule has 0 bridgehead atoms. The zero-order valence-electron chi connectivity index (χ0n) is 10.1. The van der Waals surface area contributed by atoms with Gasteiger partial charge in [-0.2, -0.15) is 0 Å². The Morgan fingerprint density at radius 3 is 3.05 bits per heavy atom. The van der Waals surface area contributed by atoms with E-state index in [1.807, 2.05) is 24.3 Å². The molecule has 0 aliphatic carbocycles. The SMILES string of the molecule is Nc1ncc(Cl)cc1C(=O)C1CNc2ccccc21. The van der Waals surface area contributed by atoms with Crippen LogP contribution in [0.25, 0.3) is 0 Å². The number of nitrogens with zero attached hydrogens (tertiary/aromatic N) is 1. The third-order valence-electron chi connectivity index (χ3n) is 3.30. The summed E-state index contributed by atoms with van der Waals surface area (Å²) in [7, 11) is 0. The van der Waals surface area contributed by atoms with Crippen LogP contribution in [0.4, 0.5) is 11.5 Å². The van der Waals surface area contributed by atoms with Crippen LogP contribution in [0, 0.1) is 0 Å². The minimum absolute atomic E-state index is 0.0510. The molecule has 4 nitrogen and oxygen atoms in total. The lowest BCUT2D eigenvalue weighted by atomic mass is 9.92. The van der Waals surface area contributed by atoms with Gasteiger partial charge in [-0.05, 0) is 17.7 Å². The number of ketones is 1. The largest absolute Gasteiger partial charge is 0.384 e. The van der Waals surface area contributed by atoms with Crippen LogP contribution in [-0.4, -0.2) is 17.3 Å². The van der Waals surface area contributed by atoms with Crippen LogP contribution in [0.1, 0.15) is 21.8 Å². The number of aromatic nitrogens is 1. The molecule has 0 amide bonds. The number of para-hydroxylation sites is 1. The molecule has 0 radical (unpaired) electrons. The summed E-state index contributed by atoms with van der Waals surface area (Å²) < 4.78 is 0. The van der Waals surface area contributed by atoms with Crippen molar-refractivity contribution in [2.75, 3.05) is 17.6 Å². The fourth-order valence-electron chi connectivity index (χ4n) is 2.35. The van der Waals surface area contributed by atoms with E-state index >= 15 is 0 Å². The molecule has 0 spiro atoms. The van der Waals surface area contributed by atoms with Gasteiger partial charge in [-0.3, -0.25) is 4.79 Å². The molecule has 0 saturated heterocycles. The molecular formula is C14H12ClN3O. The number of nitrogens with one attached hydrogen (secondary N) is 1. The van der Waals surface area contributed by atoms with E-state index in [9.17, 15) is 4.79 Å². The topological polar surface area (TPSA) is 68.0 Å². The monoisotopic (exact) mass is 273 g/mol. The molecule has 5 heteroatoms. The number of hydrogen-bond acceptors (Lipinski definition) is 4. The van der Waals surface area contributed by atoms with Crippen molar-refractivity contribution in [1.82, 2.24) is 4.98 Å². The Kier molecular flexibility index (Phi) is 2.87. The molecule has 3 rings (SSSR count). The van der Waals surface area contributed by atoms with Gasteiger partial charge >= 0.3 is 0 Å². The van der Waals surface area contributed by atoms with Crippen LogP contribution in [0.15, 0.2) is 36.5 Å². The number of fused-ring (bicyclic) bond motifs is 1. The maximum Gasteiger partial charge on any atom is 0.175 e. The van der Waals surface area contributed by atoms with Gasteiger partial charge in [0.1, 0.15) is 5.82 Å². The highest BCUT2D eigenvalue weighted by molar-refractivity contribution is 6.31. The number of benzene rings is 1. The van der Waals surface area contributed by atoms with Gasteiger partial charge in [-0.15, -0.1) is 0 Å². The quantitative estimate of drug-likeness (QED) is 0.826. The smallest absolute Gasteiger partial charge is 0.175 e. The Hall–Kier alpha value is -2.07. The first-order chi connectivity index (χ1) is 9.16. The van der Waals surface area contributed by atoms with Gasteiger partial charge < -0.3 is 11.1 Å². The molecule has 3 N–H and O–H groups in total. The van der Waals surface area contributed by atoms with E-state index in [1.54, 1.807) is 6.07 Å². The summed E-state index contributed by atoms with van der Waals surface area (Å²) in [6.07, 6.45) is 1.44. The first-order valence-corrected chi connectivity index (χ1v) is 6.32. The summed E-state index contributed by atoms with van der Waals surface area (Å²) in [5.41, 5.74) is 8.14. The zero-order chi connectivity index (χ0) is 13.4. The second-order valence-electron chi connectivity index (χ2n) is 4.47. The van der Waals surface area contributed by atoms with Crippen molar-refractivity contribution >= 4 is 28.9 Å². The lowest BCUT2D eigenvalue weighted by Gasteiger charge is -2.10. The van der Waals surface area contributed by atoms with E-state index in [0.717, 1.165) is 11.3 Å². The highest BCUT2D eigenvalue weighted by Gasteiger charge is 2.30. The summed E-state index contributed by atoms with van der Waals surface area (Å²) >= 11 is 5.88. The average molecular weight is 274 g/mol. The van der Waals surface area contributed by atoms with E-state index in [0.29, 0.717) is 17.1 Å². The summed E-state index contributed by atoms with van der Waals surface area (Å²) in [5, 5.41) is 3.63. The zero-order valence-corrected chi connectivity index (χ0v) is 10.8. The summed E-state index contributed by atoms with van der Waals surface area (Å²) in [6, 6.07) is 9.35. The highest BCUT2D eigenvalue weighted by Crippen LogP contribution is 2.34. The maximum absolute atomic E-state index is 12.6. The van der Waals surface area contributed by atoms with Crippen molar-refractivity contribution in [2.45, 2.75) is 5.92 Å². The number of pyridine rings is 1. The van der Waals surface area contributed by atoms with Crippen LogP contribution in [0.3, 0.4) is 0 Å². The predicted octanol–water partition coefficient (Wildman–Crippen LogP) is 2.71. The number of nitrogens with two attached hydrogens (primary N) is 1. The maximum atomic E-state index is 12.6. The molecule has 1 aromatic carbocycles. The lowest BCUT2D eigenvalue weighted by Crippen LogP contribution is -2.17. The number of carbonyl (C=O) groups excluding carboxylic acids is 1. The van der Waals surface area contributed by atoms with Crippen LogP contribution in [-0.2, 0) is 0 Å². The average Bonchev–Trinajstić information content (AvgIpc) is 2.84. The number of hydrogen-bond donors (Lipinski definition) is 2. The second-order valence-corrected chi connectivity index (χ2v) is 4.91. The van der Waals surface area contributed by atoms with E-state index in [1.165, 1.54) is 6.20 Å². The van der Waals surface area contributed by atoms with E-state index in [2.05, 4.69) is 10.3 Å². The lowest BCUT2D eigenvalue weighted by molar-refractivity contribution is 0.0967. The fourth-order valence-corrected chi connectivity index (χ4v) is 2.51. The molecule has 96 valence electrons. The first kappa shape index (κ1) is 12.0. The van der Waals surface area contributed by atoms with Crippen molar-refractivity contribution in [3.8, 4) is 0 Å². The number of Topliss-reactive ketones (excluding diaryl/α,β-unsaturated/α-hetero) is 1. The number of nitrogen functional groups attached to an aromatic ring is 1. The molecule has 1 atom stereocenters. The molecule has 19 heavy (non-hydrogen) atoms. The van der Waals surface area contributed by atoms with E-state index in [-0.39, 0.29) is 17.5 Å². The van der Waals surface area contributed by atoms with Gasteiger partial charge in [0.25, 0.3) is 0 Å². The fraction of sp³-hybridized carbons (Fsp3) is 0.143. The van der Waals surface area contributed by atoms with E-state index in [4.69, 9.17) is 17.3 Å². The number of anilines is 2. The predicted molar refractivity (Wildman–Crippen MR) is 75.7 cm³/mol. The van der Waals surface area contributed by atoms with Gasteiger partial charge in [-0.1, -0.05) is 29.8 Å².